The normalized spacial score (nSPS) is 27.5. The molecule has 92 valence electrons. The molecule has 2 unspecified atom stereocenters. The van der Waals surface area contributed by atoms with E-state index in [0.29, 0.717) is 12.2 Å². The van der Waals surface area contributed by atoms with Crippen molar-refractivity contribution in [3.63, 3.8) is 0 Å². The van der Waals surface area contributed by atoms with E-state index >= 15 is 0 Å². The van der Waals surface area contributed by atoms with Crippen molar-refractivity contribution >= 4 is 17.2 Å². The summed E-state index contributed by atoms with van der Waals surface area (Å²) in [7, 11) is 0. The molecule has 2 fully saturated rings. The van der Waals surface area contributed by atoms with Gasteiger partial charge >= 0.3 is 0 Å². The van der Waals surface area contributed by atoms with Gasteiger partial charge in [-0.3, -0.25) is 4.79 Å². The first-order valence-electron chi connectivity index (χ1n) is 6.21. The van der Waals surface area contributed by atoms with E-state index in [1.165, 1.54) is 30.6 Å². The number of amides is 1. The molecule has 0 spiro atoms. The summed E-state index contributed by atoms with van der Waals surface area (Å²) in [6, 6.07) is 0. The molecule has 2 N–H and O–H groups in total. The van der Waals surface area contributed by atoms with E-state index in [4.69, 9.17) is 5.73 Å². The summed E-state index contributed by atoms with van der Waals surface area (Å²) in [5, 5.41) is 2.67. The summed E-state index contributed by atoms with van der Waals surface area (Å²) in [4.78, 5) is 18.5. The number of nitrogens with two attached hydrogens (primary N) is 1. The van der Waals surface area contributed by atoms with Gasteiger partial charge in [-0.1, -0.05) is 6.42 Å². The SMILES string of the molecule is NCc1nc(C(=O)N2CC3CCCC3C2)cs1. The number of fused-ring (bicyclic) bond motifs is 1. The first-order valence-corrected chi connectivity index (χ1v) is 7.09. The maximum Gasteiger partial charge on any atom is 0.273 e. The number of likely N-dealkylation sites (tertiary alicyclic amines) is 1. The van der Waals surface area contributed by atoms with E-state index in [2.05, 4.69) is 4.98 Å². The number of rotatable bonds is 2. The lowest BCUT2D eigenvalue weighted by Crippen LogP contribution is -2.29. The summed E-state index contributed by atoms with van der Waals surface area (Å²) in [5.74, 6) is 1.58. The Bertz CT molecular complexity index is 419. The van der Waals surface area contributed by atoms with Gasteiger partial charge in [-0.15, -0.1) is 11.3 Å². The third-order valence-corrected chi connectivity index (χ3v) is 4.83. The fourth-order valence-corrected chi connectivity index (χ4v) is 3.71. The predicted octanol–water partition coefficient (Wildman–Crippen LogP) is 1.47. The molecular weight excluding hydrogens is 234 g/mol. The molecule has 1 aliphatic heterocycles. The van der Waals surface area contributed by atoms with Crippen LogP contribution >= 0.6 is 11.3 Å². The van der Waals surface area contributed by atoms with Crippen LogP contribution in [0.4, 0.5) is 0 Å². The molecule has 0 aromatic carbocycles. The first kappa shape index (κ1) is 11.2. The van der Waals surface area contributed by atoms with E-state index in [9.17, 15) is 4.79 Å². The molecule has 2 heterocycles. The Morgan fingerprint density at radius 3 is 2.76 bits per heavy atom. The standard InChI is InChI=1S/C12H17N3OS/c13-4-11-14-10(7-17-11)12(16)15-5-8-2-1-3-9(8)6-15/h7-9H,1-6,13H2. The lowest BCUT2D eigenvalue weighted by atomic mass is 10.0. The van der Waals surface area contributed by atoms with Crippen LogP contribution in [-0.4, -0.2) is 28.9 Å². The van der Waals surface area contributed by atoms with Crippen molar-refractivity contribution < 1.29 is 4.79 Å². The quantitative estimate of drug-likeness (QED) is 0.866. The van der Waals surface area contributed by atoms with Gasteiger partial charge in [0.1, 0.15) is 10.7 Å². The highest BCUT2D eigenvalue weighted by molar-refractivity contribution is 7.09. The second-order valence-corrected chi connectivity index (χ2v) is 5.93. The first-order chi connectivity index (χ1) is 8.28. The van der Waals surface area contributed by atoms with E-state index in [1.807, 2.05) is 10.3 Å². The summed E-state index contributed by atoms with van der Waals surface area (Å²) in [5.41, 5.74) is 6.09. The molecule has 1 aliphatic carbocycles. The molecule has 1 aromatic heterocycles. The minimum atomic E-state index is 0.0929. The van der Waals surface area contributed by atoms with Crippen LogP contribution in [0, 0.1) is 11.8 Å². The predicted molar refractivity (Wildman–Crippen MR) is 66.7 cm³/mol. The molecule has 4 nitrogen and oxygen atoms in total. The van der Waals surface area contributed by atoms with Crippen molar-refractivity contribution in [2.75, 3.05) is 13.1 Å². The Morgan fingerprint density at radius 1 is 1.47 bits per heavy atom. The lowest BCUT2D eigenvalue weighted by Gasteiger charge is -2.15. The third kappa shape index (κ3) is 1.98. The van der Waals surface area contributed by atoms with Gasteiger partial charge in [-0.25, -0.2) is 4.98 Å². The van der Waals surface area contributed by atoms with Gasteiger partial charge in [0.2, 0.25) is 0 Å². The summed E-state index contributed by atoms with van der Waals surface area (Å²) < 4.78 is 0. The highest BCUT2D eigenvalue weighted by atomic mass is 32.1. The van der Waals surface area contributed by atoms with Crippen LogP contribution in [0.15, 0.2) is 5.38 Å². The number of carbonyl (C=O) groups is 1. The van der Waals surface area contributed by atoms with Crippen molar-refractivity contribution in [1.82, 2.24) is 9.88 Å². The number of hydrogen-bond acceptors (Lipinski definition) is 4. The van der Waals surface area contributed by atoms with E-state index in [-0.39, 0.29) is 5.91 Å². The molecular formula is C12H17N3OS. The van der Waals surface area contributed by atoms with Gasteiger partial charge in [0.05, 0.1) is 0 Å². The summed E-state index contributed by atoms with van der Waals surface area (Å²) in [6.45, 7) is 2.28. The van der Waals surface area contributed by atoms with Crippen LogP contribution < -0.4 is 5.73 Å². The van der Waals surface area contributed by atoms with E-state index in [1.54, 1.807) is 0 Å². The molecule has 0 bridgehead atoms. The third-order valence-electron chi connectivity index (χ3n) is 3.96. The highest BCUT2D eigenvalue weighted by Crippen LogP contribution is 2.38. The van der Waals surface area contributed by atoms with Crippen molar-refractivity contribution in [1.29, 1.82) is 0 Å². The number of nitrogens with zero attached hydrogens (tertiary/aromatic N) is 2. The van der Waals surface area contributed by atoms with Crippen molar-refractivity contribution in [3.05, 3.63) is 16.1 Å². The maximum absolute atomic E-state index is 12.2. The van der Waals surface area contributed by atoms with Gasteiger partial charge < -0.3 is 10.6 Å². The second-order valence-electron chi connectivity index (χ2n) is 4.99. The average Bonchev–Trinajstić information content (AvgIpc) is 3.02. The largest absolute Gasteiger partial charge is 0.337 e. The number of hydrogen-bond donors (Lipinski definition) is 1. The molecule has 2 atom stereocenters. The zero-order valence-electron chi connectivity index (χ0n) is 9.76. The van der Waals surface area contributed by atoms with Crippen LogP contribution in [0.5, 0.6) is 0 Å². The van der Waals surface area contributed by atoms with Crippen molar-refractivity contribution in [3.8, 4) is 0 Å². The minimum absolute atomic E-state index is 0.0929. The van der Waals surface area contributed by atoms with Gasteiger partial charge in [0.25, 0.3) is 5.91 Å². The summed E-state index contributed by atoms with van der Waals surface area (Å²) in [6.07, 6.45) is 3.92. The van der Waals surface area contributed by atoms with Gasteiger partial charge in [-0.05, 0) is 24.7 Å². The molecule has 3 rings (SSSR count). The topological polar surface area (TPSA) is 59.2 Å². The smallest absolute Gasteiger partial charge is 0.273 e. The molecule has 1 amide bonds. The van der Waals surface area contributed by atoms with Crippen LogP contribution in [0.2, 0.25) is 0 Å². The fraction of sp³-hybridized carbons (Fsp3) is 0.667. The molecule has 1 aromatic rings. The molecule has 1 saturated carbocycles. The Kier molecular flexibility index (Phi) is 2.88. The van der Waals surface area contributed by atoms with Crippen LogP contribution in [-0.2, 0) is 6.54 Å². The van der Waals surface area contributed by atoms with Gasteiger partial charge in [0.15, 0.2) is 0 Å². The number of carbonyl (C=O) groups excluding carboxylic acids is 1. The van der Waals surface area contributed by atoms with Crippen molar-refractivity contribution in [2.45, 2.75) is 25.8 Å². The van der Waals surface area contributed by atoms with Crippen LogP contribution in [0.1, 0.15) is 34.8 Å². The molecule has 0 radical (unpaired) electrons. The fourth-order valence-electron chi connectivity index (χ4n) is 3.07. The zero-order valence-corrected chi connectivity index (χ0v) is 10.6. The zero-order chi connectivity index (χ0) is 11.8. The van der Waals surface area contributed by atoms with Gasteiger partial charge in [0, 0.05) is 25.0 Å². The lowest BCUT2D eigenvalue weighted by molar-refractivity contribution is 0.0775. The van der Waals surface area contributed by atoms with Gasteiger partial charge in [-0.2, -0.15) is 0 Å². The Balaban J connectivity index is 1.70. The molecule has 1 saturated heterocycles. The minimum Gasteiger partial charge on any atom is -0.337 e. The summed E-state index contributed by atoms with van der Waals surface area (Å²) >= 11 is 1.47. The van der Waals surface area contributed by atoms with E-state index < -0.39 is 0 Å². The second kappa shape index (κ2) is 4.38. The Morgan fingerprint density at radius 2 is 2.18 bits per heavy atom. The highest BCUT2D eigenvalue weighted by Gasteiger charge is 2.38. The van der Waals surface area contributed by atoms with Crippen molar-refractivity contribution in [2.24, 2.45) is 17.6 Å². The molecule has 5 heteroatoms. The average molecular weight is 251 g/mol. The number of thiazole rings is 1. The molecule has 17 heavy (non-hydrogen) atoms. The number of aromatic nitrogens is 1. The van der Waals surface area contributed by atoms with Crippen LogP contribution in [0.3, 0.4) is 0 Å². The Labute approximate surface area is 105 Å². The van der Waals surface area contributed by atoms with Crippen LogP contribution in [0.25, 0.3) is 0 Å². The van der Waals surface area contributed by atoms with E-state index in [0.717, 1.165) is 29.9 Å². The molecule has 2 aliphatic rings. The maximum atomic E-state index is 12.2. The monoisotopic (exact) mass is 251 g/mol. The Hall–Kier alpha value is -0.940.